The number of sulfonamides is 1. The van der Waals surface area contributed by atoms with Gasteiger partial charge in [-0.25, -0.2) is 12.7 Å². The number of halogens is 1. The number of rotatable bonds is 9. The Bertz CT molecular complexity index is 1520. The van der Waals surface area contributed by atoms with E-state index in [0.717, 1.165) is 9.87 Å². The van der Waals surface area contributed by atoms with Crippen molar-refractivity contribution in [3.63, 3.8) is 0 Å². The van der Waals surface area contributed by atoms with E-state index in [1.807, 2.05) is 51.1 Å². The second kappa shape index (κ2) is 11.8. The molecule has 3 aromatic rings. The molecule has 0 saturated carbocycles. The molecular formula is C30H32ClN3O5S. The molecule has 1 atom stereocenters. The predicted octanol–water partition coefficient (Wildman–Crippen LogP) is 4.43. The number of fused-ring (bicyclic) bond motifs is 1. The fourth-order valence-electron chi connectivity index (χ4n) is 4.61. The smallest absolute Gasteiger partial charge is 0.269 e. The summed E-state index contributed by atoms with van der Waals surface area (Å²) in [6.07, 6.45) is -0.0805. The molecule has 0 spiro atoms. The van der Waals surface area contributed by atoms with Crippen LogP contribution in [-0.4, -0.2) is 53.5 Å². The molecule has 0 saturated heterocycles. The molecule has 0 radical (unpaired) electrons. The summed E-state index contributed by atoms with van der Waals surface area (Å²) in [5.74, 6) is -1.51. The first-order chi connectivity index (χ1) is 18.9. The Balaban J connectivity index is 1.66. The summed E-state index contributed by atoms with van der Waals surface area (Å²) in [5, 5.41) is 3.41. The number of hydrogen-bond acceptors (Lipinski definition) is 5. The average Bonchev–Trinajstić information content (AvgIpc) is 3.10. The highest BCUT2D eigenvalue weighted by Gasteiger charge is 2.41. The van der Waals surface area contributed by atoms with Crippen LogP contribution >= 0.6 is 11.6 Å². The number of carbonyl (C=O) groups excluding carboxylic acids is 3. The molecule has 10 heteroatoms. The molecule has 210 valence electrons. The molecular weight excluding hydrogens is 550 g/mol. The van der Waals surface area contributed by atoms with Crippen LogP contribution in [0.15, 0.2) is 83.8 Å². The number of amides is 3. The van der Waals surface area contributed by atoms with Crippen molar-refractivity contribution in [3.8, 4) is 0 Å². The lowest BCUT2D eigenvalue weighted by molar-refractivity contribution is -0.142. The van der Waals surface area contributed by atoms with Crippen LogP contribution in [0.3, 0.4) is 0 Å². The minimum Gasteiger partial charge on any atom is -0.350 e. The van der Waals surface area contributed by atoms with Gasteiger partial charge in [-0.3, -0.25) is 14.4 Å². The van der Waals surface area contributed by atoms with Crippen LogP contribution in [0.1, 0.15) is 48.7 Å². The van der Waals surface area contributed by atoms with Gasteiger partial charge >= 0.3 is 0 Å². The first kappa shape index (κ1) is 29.3. The molecule has 0 aliphatic carbocycles. The van der Waals surface area contributed by atoms with Gasteiger partial charge in [-0.05, 0) is 50.1 Å². The Hall–Kier alpha value is -3.69. The largest absolute Gasteiger partial charge is 0.350 e. The number of benzene rings is 3. The highest BCUT2D eigenvalue weighted by Crippen LogP contribution is 2.30. The third-order valence-electron chi connectivity index (χ3n) is 6.51. The summed E-state index contributed by atoms with van der Waals surface area (Å²) in [6, 6.07) is 21.4. The Morgan fingerprint density at radius 2 is 1.57 bits per heavy atom. The van der Waals surface area contributed by atoms with E-state index in [1.165, 1.54) is 17.0 Å². The van der Waals surface area contributed by atoms with Gasteiger partial charge in [0.25, 0.3) is 15.9 Å². The van der Waals surface area contributed by atoms with E-state index in [-0.39, 0.29) is 42.3 Å². The Morgan fingerprint density at radius 3 is 2.23 bits per heavy atom. The molecule has 1 N–H and O–H groups in total. The van der Waals surface area contributed by atoms with Crippen molar-refractivity contribution in [2.45, 2.75) is 56.6 Å². The van der Waals surface area contributed by atoms with Gasteiger partial charge in [0.05, 0.1) is 5.56 Å². The molecule has 8 nitrogen and oxygen atoms in total. The molecule has 40 heavy (non-hydrogen) atoms. The average molecular weight is 582 g/mol. The van der Waals surface area contributed by atoms with E-state index in [0.29, 0.717) is 10.6 Å². The van der Waals surface area contributed by atoms with Gasteiger partial charge in [-0.1, -0.05) is 72.3 Å². The molecule has 1 aliphatic heterocycles. The number of nitrogens with zero attached hydrogens (tertiary/aromatic N) is 2. The number of hydrogen-bond donors (Lipinski definition) is 1. The second-order valence-electron chi connectivity index (χ2n) is 10.7. The molecule has 1 heterocycles. The summed E-state index contributed by atoms with van der Waals surface area (Å²) in [5.41, 5.74) is 1.000. The van der Waals surface area contributed by atoms with Gasteiger partial charge in [0.1, 0.15) is 10.9 Å². The zero-order valence-electron chi connectivity index (χ0n) is 22.6. The van der Waals surface area contributed by atoms with Crippen LogP contribution in [0.2, 0.25) is 5.02 Å². The lowest BCUT2D eigenvalue weighted by Crippen LogP contribution is -2.54. The van der Waals surface area contributed by atoms with E-state index in [2.05, 4.69) is 5.32 Å². The highest BCUT2D eigenvalue weighted by molar-refractivity contribution is 7.90. The van der Waals surface area contributed by atoms with Gasteiger partial charge < -0.3 is 10.2 Å². The van der Waals surface area contributed by atoms with Gasteiger partial charge in [0.2, 0.25) is 11.8 Å². The zero-order chi connectivity index (χ0) is 29.1. The molecule has 0 fully saturated rings. The number of carbonyl (C=O) groups is 3. The van der Waals surface area contributed by atoms with E-state index in [1.54, 1.807) is 36.4 Å². The van der Waals surface area contributed by atoms with Gasteiger partial charge in [-0.2, -0.15) is 0 Å². The van der Waals surface area contributed by atoms with Crippen LogP contribution in [0, 0.1) is 0 Å². The maximum absolute atomic E-state index is 13.9. The van der Waals surface area contributed by atoms with Gasteiger partial charge in [0, 0.05) is 36.5 Å². The summed E-state index contributed by atoms with van der Waals surface area (Å²) < 4.78 is 26.8. The van der Waals surface area contributed by atoms with Crippen molar-refractivity contribution in [1.29, 1.82) is 0 Å². The maximum Gasteiger partial charge on any atom is 0.269 e. The third-order valence-corrected chi connectivity index (χ3v) is 8.72. The standard InChI is InChI=1S/C30H32ClN3O5S/c1-30(2,3)32-28(36)25(19-21-11-5-4-6-12-21)33(20-22-13-7-9-15-24(22)31)27(35)17-18-34-29(37)23-14-8-10-16-26(23)40(34,38)39/h4-16,25H,17-20H2,1-3H3,(H,32,36)/t25-/m0/s1. The van der Waals surface area contributed by atoms with E-state index >= 15 is 0 Å². The first-order valence-corrected chi connectivity index (χ1v) is 14.8. The molecule has 0 unspecified atom stereocenters. The highest BCUT2D eigenvalue weighted by atomic mass is 35.5. The molecule has 4 rings (SSSR count). The van der Waals surface area contributed by atoms with E-state index < -0.39 is 33.4 Å². The first-order valence-electron chi connectivity index (χ1n) is 12.9. The van der Waals surface area contributed by atoms with Crippen LogP contribution in [-0.2, 0) is 32.6 Å². The molecule has 0 aromatic heterocycles. The van der Waals surface area contributed by atoms with Crippen molar-refractivity contribution >= 4 is 39.3 Å². The fourth-order valence-corrected chi connectivity index (χ4v) is 6.38. The number of nitrogens with one attached hydrogen (secondary N) is 1. The lowest BCUT2D eigenvalue weighted by Gasteiger charge is -2.34. The zero-order valence-corrected chi connectivity index (χ0v) is 24.2. The topological polar surface area (TPSA) is 104 Å². The van der Waals surface area contributed by atoms with Crippen molar-refractivity contribution in [2.24, 2.45) is 0 Å². The predicted molar refractivity (Wildman–Crippen MR) is 153 cm³/mol. The monoisotopic (exact) mass is 581 g/mol. The lowest BCUT2D eigenvalue weighted by atomic mass is 10.0. The third kappa shape index (κ3) is 6.54. The summed E-state index contributed by atoms with van der Waals surface area (Å²) >= 11 is 6.44. The van der Waals surface area contributed by atoms with Crippen molar-refractivity contribution < 1.29 is 22.8 Å². The minimum absolute atomic E-state index is 0.0223. The van der Waals surface area contributed by atoms with Crippen molar-refractivity contribution in [2.75, 3.05) is 6.54 Å². The van der Waals surface area contributed by atoms with Gasteiger partial charge in [-0.15, -0.1) is 0 Å². The second-order valence-corrected chi connectivity index (χ2v) is 12.9. The molecule has 3 aromatic carbocycles. The van der Waals surface area contributed by atoms with Crippen molar-refractivity contribution in [3.05, 3.63) is 101 Å². The Kier molecular flexibility index (Phi) is 8.65. The van der Waals surface area contributed by atoms with Crippen LogP contribution in [0.5, 0.6) is 0 Å². The Labute approximate surface area is 240 Å². The summed E-state index contributed by atoms with van der Waals surface area (Å²) in [7, 11) is -4.08. The molecule has 0 bridgehead atoms. The molecule has 1 aliphatic rings. The van der Waals surface area contributed by atoms with Crippen LogP contribution < -0.4 is 5.32 Å². The fraction of sp³-hybridized carbons (Fsp3) is 0.300. The normalized spacial score (nSPS) is 14.9. The van der Waals surface area contributed by atoms with E-state index in [9.17, 15) is 22.8 Å². The summed E-state index contributed by atoms with van der Waals surface area (Å²) in [6.45, 7) is 5.23. The van der Waals surface area contributed by atoms with Gasteiger partial charge in [0.15, 0.2) is 0 Å². The van der Waals surface area contributed by atoms with Crippen LogP contribution in [0.4, 0.5) is 0 Å². The SMILES string of the molecule is CC(C)(C)NC(=O)[C@H](Cc1ccccc1)N(Cc1ccccc1Cl)C(=O)CCN1C(=O)c2ccccc2S1(=O)=O. The van der Waals surface area contributed by atoms with Crippen molar-refractivity contribution in [1.82, 2.24) is 14.5 Å². The molecule has 3 amide bonds. The maximum atomic E-state index is 13.9. The quantitative estimate of drug-likeness (QED) is 0.403. The minimum atomic E-state index is -4.08. The Morgan fingerprint density at radius 1 is 0.950 bits per heavy atom. The summed E-state index contributed by atoms with van der Waals surface area (Å²) in [4.78, 5) is 41.8. The van der Waals surface area contributed by atoms with Crippen LogP contribution in [0.25, 0.3) is 0 Å². The van der Waals surface area contributed by atoms with E-state index in [4.69, 9.17) is 11.6 Å².